The van der Waals surface area contributed by atoms with Gasteiger partial charge >= 0.3 is 0 Å². The van der Waals surface area contributed by atoms with Gasteiger partial charge in [0.1, 0.15) is 6.61 Å². The van der Waals surface area contributed by atoms with E-state index in [-0.39, 0.29) is 18.3 Å². The van der Waals surface area contributed by atoms with Crippen molar-refractivity contribution < 1.29 is 19.0 Å². The van der Waals surface area contributed by atoms with Crippen LogP contribution in [0.3, 0.4) is 0 Å². The molecule has 4 nitrogen and oxygen atoms in total. The molecule has 0 amide bonds. The lowest BCUT2D eigenvalue weighted by Gasteiger charge is -2.06. The molecule has 0 heterocycles. The number of ether oxygens (including phenoxy) is 3. The molecular formula is C11H22O4. The van der Waals surface area contributed by atoms with E-state index in [1.54, 1.807) is 7.11 Å². The highest BCUT2D eigenvalue weighted by atomic mass is 16.5. The number of hydrogen-bond acceptors (Lipinski definition) is 4. The van der Waals surface area contributed by atoms with Crippen molar-refractivity contribution in [1.29, 1.82) is 0 Å². The van der Waals surface area contributed by atoms with E-state index < -0.39 is 0 Å². The van der Waals surface area contributed by atoms with E-state index in [2.05, 4.69) is 0 Å². The monoisotopic (exact) mass is 218 g/mol. The highest BCUT2D eigenvalue weighted by Gasteiger charge is 2.06. The van der Waals surface area contributed by atoms with Crippen molar-refractivity contribution in [3.8, 4) is 0 Å². The Hall–Kier alpha value is -0.450. The fourth-order valence-electron chi connectivity index (χ4n) is 0.865. The van der Waals surface area contributed by atoms with Crippen LogP contribution in [0.2, 0.25) is 0 Å². The lowest BCUT2D eigenvalue weighted by molar-refractivity contribution is -0.127. The molecule has 0 aliphatic rings. The molecular weight excluding hydrogens is 196 g/mol. The van der Waals surface area contributed by atoms with Gasteiger partial charge in [0.05, 0.1) is 13.2 Å². The maximum Gasteiger partial charge on any atom is 0.160 e. The van der Waals surface area contributed by atoms with Gasteiger partial charge in [0.25, 0.3) is 0 Å². The van der Waals surface area contributed by atoms with Gasteiger partial charge in [-0.1, -0.05) is 13.8 Å². The molecule has 0 aromatic heterocycles. The van der Waals surface area contributed by atoms with Crippen molar-refractivity contribution in [1.82, 2.24) is 0 Å². The summed E-state index contributed by atoms with van der Waals surface area (Å²) in [5.41, 5.74) is 0. The van der Waals surface area contributed by atoms with Crippen LogP contribution in [0, 0.1) is 5.92 Å². The molecule has 0 aliphatic carbocycles. The average molecular weight is 218 g/mol. The van der Waals surface area contributed by atoms with E-state index >= 15 is 0 Å². The lowest BCUT2D eigenvalue weighted by Crippen LogP contribution is -2.17. The summed E-state index contributed by atoms with van der Waals surface area (Å²) in [7, 11) is 1.67. The van der Waals surface area contributed by atoms with Crippen molar-refractivity contribution in [2.45, 2.75) is 20.3 Å². The smallest absolute Gasteiger partial charge is 0.160 e. The second-order valence-electron chi connectivity index (χ2n) is 3.63. The normalized spacial score (nSPS) is 10.9. The van der Waals surface area contributed by atoms with Crippen LogP contribution >= 0.6 is 0 Å². The van der Waals surface area contributed by atoms with Crippen molar-refractivity contribution in [3.63, 3.8) is 0 Å². The SMILES string of the molecule is COCCCOCCOCC(=O)C(C)C. The van der Waals surface area contributed by atoms with Crippen LogP contribution < -0.4 is 0 Å². The summed E-state index contributed by atoms with van der Waals surface area (Å²) >= 11 is 0. The second kappa shape index (κ2) is 10.1. The maximum atomic E-state index is 11.1. The first-order chi connectivity index (χ1) is 7.18. The van der Waals surface area contributed by atoms with Gasteiger partial charge in [-0.15, -0.1) is 0 Å². The molecule has 0 aliphatic heterocycles. The molecule has 0 saturated heterocycles. The summed E-state index contributed by atoms with van der Waals surface area (Å²) in [6.07, 6.45) is 0.890. The molecule has 0 spiro atoms. The number of ketones is 1. The fourth-order valence-corrected chi connectivity index (χ4v) is 0.865. The molecule has 0 aromatic rings. The molecule has 0 radical (unpaired) electrons. The van der Waals surface area contributed by atoms with Gasteiger partial charge in [0.2, 0.25) is 0 Å². The van der Waals surface area contributed by atoms with Gasteiger partial charge < -0.3 is 14.2 Å². The summed E-state index contributed by atoms with van der Waals surface area (Å²) in [6.45, 7) is 6.33. The molecule has 15 heavy (non-hydrogen) atoms. The van der Waals surface area contributed by atoms with E-state index in [1.165, 1.54) is 0 Å². The maximum absolute atomic E-state index is 11.1. The van der Waals surface area contributed by atoms with Gasteiger partial charge in [0, 0.05) is 26.2 Å². The Morgan fingerprint density at radius 3 is 2.33 bits per heavy atom. The predicted octanol–water partition coefficient (Wildman–Crippen LogP) is 1.28. The molecule has 0 aromatic carbocycles. The van der Waals surface area contributed by atoms with Crippen LogP contribution in [0.25, 0.3) is 0 Å². The molecule has 0 unspecified atom stereocenters. The third kappa shape index (κ3) is 9.85. The van der Waals surface area contributed by atoms with Crippen LogP contribution in [-0.2, 0) is 19.0 Å². The Morgan fingerprint density at radius 1 is 1.07 bits per heavy atom. The van der Waals surface area contributed by atoms with Gasteiger partial charge in [-0.3, -0.25) is 4.79 Å². The molecule has 0 bridgehead atoms. The van der Waals surface area contributed by atoms with Crippen LogP contribution in [0.4, 0.5) is 0 Å². The zero-order valence-electron chi connectivity index (χ0n) is 9.95. The fraction of sp³-hybridized carbons (Fsp3) is 0.909. The summed E-state index contributed by atoms with van der Waals surface area (Å²) in [5.74, 6) is 0.182. The molecule has 0 fully saturated rings. The lowest BCUT2D eigenvalue weighted by atomic mass is 10.1. The number of carbonyl (C=O) groups is 1. The minimum Gasteiger partial charge on any atom is -0.385 e. The summed E-state index contributed by atoms with van der Waals surface area (Å²) < 4.78 is 15.3. The highest BCUT2D eigenvalue weighted by Crippen LogP contribution is 1.94. The van der Waals surface area contributed by atoms with Crippen molar-refractivity contribution >= 4 is 5.78 Å². The zero-order chi connectivity index (χ0) is 11.5. The van der Waals surface area contributed by atoms with Crippen molar-refractivity contribution in [3.05, 3.63) is 0 Å². The average Bonchev–Trinajstić information content (AvgIpc) is 2.21. The number of rotatable bonds is 10. The van der Waals surface area contributed by atoms with Crippen molar-refractivity contribution in [2.24, 2.45) is 5.92 Å². The predicted molar refractivity (Wildman–Crippen MR) is 58.0 cm³/mol. The van der Waals surface area contributed by atoms with Crippen LogP contribution in [0.5, 0.6) is 0 Å². The molecule has 4 heteroatoms. The van der Waals surface area contributed by atoms with Crippen LogP contribution in [0.15, 0.2) is 0 Å². The van der Waals surface area contributed by atoms with Crippen LogP contribution in [-0.4, -0.2) is 45.9 Å². The van der Waals surface area contributed by atoms with Gasteiger partial charge in [-0.2, -0.15) is 0 Å². The Kier molecular flexibility index (Phi) is 9.78. The Morgan fingerprint density at radius 2 is 1.73 bits per heavy atom. The first-order valence-electron chi connectivity index (χ1n) is 5.35. The van der Waals surface area contributed by atoms with E-state index in [1.807, 2.05) is 13.8 Å². The minimum absolute atomic E-state index is 0.0487. The largest absolute Gasteiger partial charge is 0.385 e. The summed E-state index contributed by atoms with van der Waals surface area (Å²) in [6, 6.07) is 0. The van der Waals surface area contributed by atoms with E-state index in [9.17, 15) is 4.79 Å². The molecule has 0 atom stereocenters. The minimum atomic E-state index is 0.0487. The van der Waals surface area contributed by atoms with E-state index in [0.29, 0.717) is 26.4 Å². The first kappa shape index (κ1) is 14.6. The third-order valence-electron chi connectivity index (χ3n) is 1.90. The summed E-state index contributed by atoms with van der Waals surface area (Å²) in [4.78, 5) is 11.1. The molecule has 0 saturated carbocycles. The standard InChI is InChI=1S/C11H22O4/c1-10(2)11(12)9-15-8-7-14-6-4-5-13-3/h10H,4-9H2,1-3H3. The van der Waals surface area contributed by atoms with E-state index in [0.717, 1.165) is 6.42 Å². The zero-order valence-corrected chi connectivity index (χ0v) is 9.95. The Bertz CT molecular complexity index is 157. The molecule has 90 valence electrons. The van der Waals surface area contributed by atoms with Crippen LogP contribution in [0.1, 0.15) is 20.3 Å². The highest BCUT2D eigenvalue weighted by molar-refractivity contribution is 5.81. The van der Waals surface area contributed by atoms with Crippen molar-refractivity contribution in [2.75, 3.05) is 40.1 Å². The second-order valence-corrected chi connectivity index (χ2v) is 3.63. The number of hydrogen-bond donors (Lipinski definition) is 0. The van der Waals surface area contributed by atoms with Gasteiger partial charge in [0.15, 0.2) is 5.78 Å². The number of carbonyl (C=O) groups excluding carboxylic acids is 1. The molecule has 0 N–H and O–H groups in total. The topological polar surface area (TPSA) is 44.8 Å². The van der Waals surface area contributed by atoms with E-state index in [4.69, 9.17) is 14.2 Å². The number of Topliss-reactive ketones (excluding diaryl/α,β-unsaturated/α-hetero) is 1. The third-order valence-corrected chi connectivity index (χ3v) is 1.90. The Balaban J connectivity index is 3.08. The Labute approximate surface area is 91.9 Å². The molecule has 0 rings (SSSR count). The van der Waals surface area contributed by atoms with Gasteiger partial charge in [-0.25, -0.2) is 0 Å². The van der Waals surface area contributed by atoms with Gasteiger partial charge in [-0.05, 0) is 6.42 Å². The first-order valence-corrected chi connectivity index (χ1v) is 5.35. The quantitative estimate of drug-likeness (QED) is 0.518. The summed E-state index contributed by atoms with van der Waals surface area (Å²) in [5, 5.41) is 0. The number of methoxy groups -OCH3 is 1.